The first-order chi connectivity index (χ1) is 10.9. The summed E-state index contributed by atoms with van der Waals surface area (Å²) in [5.74, 6) is 0.743. The van der Waals surface area contributed by atoms with Gasteiger partial charge in [0.1, 0.15) is 6.61 Å². The first-order valence-corrected chi connectivity index (χ1v) is 7.80. The first kappa shape index (κ1) is 19.3. The monoisotopic (exact) mass is 341 g/mol. The molecule has 0 fully saturated rings. The molecule has 1 atom stereocenters. The lowest BCUT2D eigenvalue weighted by Gasteiger charge is -2.26. The predicted molar refractivity (Wildman–Crippen MR) is 88.2 cm³/mol. The van der Waals surface area contributed by atoms with Crippen molar-refractivity contribution in [2.75, 3.05) is 13.2 Å². The average Bonchev–Trinajstić information content (AvgIpc) is 2.52. The van der Waals surface area contributed by atoms with Crippen molar-refractivity contribution in [1.82, 2.24) is 5.32 Å². The second kappa shape index (κ2) is 8.76. The van der Waals surface area contributed by atoms with Crippen molar-refractivity contribution < 1.29 is 19.0 Å². The third-order valence-corrected chi connectivity index (χ3v) is 3.79. The molecule has 1 unspecified atom stereocenters. The molecule has 1 aromatic rings. The Labute approximate surface area is 141 Å². The maximum absolute atomic E-state index is 13.9. The number of ether oxygens (including phenoxy) is 1. The highest BCUT2D eigenvalue weighted by molar-refractivity contribution is 6.32. The first-order valence-electron chi connectivity index (χ1n) is 7.42. The SMILES string of the molecule is C#CCOc1c(F)cc(C(=O)NCC(O)(CC)CCC)cc1Cl. The highest BCUT2D eigenvalue weighted by Gasteiger charge is 2.25. The number of benzene rings is 1. The second-order valence-electron chi connectivity index (χ2n) is 5.27. The molecule has 0 radical (unpaired) electrons. The third kappa shape index (κ3) is 5.42. The molecule has 0 aliphatic rings. The van der Waals surface area contributed by atoms with Crippen LogP contribution in [0.3, 0.4) is 0 Å². The Balaban J connectivity index is 2.83. The fourth-order valence-electron chi connectivity index (χ4n) is 2.15. The van der Waals surface area contributed by atoms with Gasteiger partial charge in [0.25, 0.3) is 5.91 Å². The van der Waals surface area contributed by atoms with Crippen molar-refractivity contribution in [1.29, 1.82) is 0 Å². The number of amides is 1. The normalized spacial score (nSPS) is 13.0. The van der Waals surface area contributed by atoms with E-state index in [-0.39, 0.29) is 29.5 Å². The Morgan fingerprint density at radius 3 is 2.74 bits per heavy atom. The number of rotatable bonds is 8. The van der Waals surface area contributed by atoms with Crippen LogP contribution in [0.2, 0.25) is 5.02 Å². The molecule has 6 heteroatoms. The zero-order chi connectivity index (χ0) is 17.5. The van der Waals surface area contributed by atoms with E-state index in [9.17, 15) is 14.3 Å². The summed E-state index contributed by atoms with van der Waals surface area (Å²) < 4.78 is 18.9. The molecule has 0 saturated heterocycles. The van der Waals surface area contributed by atoms with Gasteiger partial charge in [0.2, 0.25) is 0 Å². The Morgan fingerprint density at radius 2 is 2.22 bits per heavy atom. The number of carbonyl (C=O) groups is 1. The molecule has 126 valence electrons. The summed E-state index contributed by atoms with van der Waals surface area (Å²) in [6, 6.07) is 2.33. The van der Waals surface area contributed by atoms with Gasteiger partial charge >= 0.3 is 0 Å². The van der Waals surface area contributed by atoms with Crippen LogP contribution in [0.25, 0.3) is 0 Å². The Bertz CT molecular complexity index is 577. The van der Waals surface area contributed by atoms with Gasteiger partial charge in [-0.1, -0.05) is 37.8 Å². The van der Waals surface area contributed by atoms with E-state index in [2.05, 4.69) is 11.2 Å². The van der Waals surface area contributed by atoms with Gasteiger partial charge in [0.05, 0.1) is 10.6 Å². The van der Waals surface area contributed by atoms with Crippen molar-refractivity contribution in [3.8, 4) is 18.1 Å². The van der Waals surface area contributed by atoms with Crippen LogP contribution in [0.15, 0.2) is 12.1 Å². The fraction of sp³-hybridized carbons (Fsp3) is 0.471. The topological polar surface area (TPSA) is 58.6 Å². The summed E-state index contributed by atoms with van der Waals surface area (Å²) in [7, 11) is 0. The van der Waals surface area contributed by atoms with Crippen molar-refractivity contribution in [2.45, 2.75) is 38.7 Å². The zero-order valence-corrected chi connectivity index (χ0v) is 14.0. The molecule has 1 rings (SSSR count). The van der Waals surface area contributed by atoms with Gasteiger partial charge in [-0.15, -0.1) is 6.42 Å². The molecule has 2 N–H and O–H groups in total. The summed E-state index contributed by atoms with van der Waals surface area (Å²) in [6.45, 7) is 3.76. The van der Waals surface area contributed by atoms with Crippen LogP contribution in [0.4, 0.5) is 4.39 Å². The molecule has 0 saturated carbocycles. The molecule has 0 aliphatic carbocycles. The van der Waals surface area contributed by atoms with E-state index in [1.807, 2.05) is 13.8 Å². The van der Waals surface area contributed by atoms with Crippen LogP contribution in [0, 0.1) is 18.2 Å². The van der Waals surface area contributed by atoms with Crippen molar-refractivity contribution in [2.24, 2.45) is 0 Å². The number of halogens is 2. The number of nitrogens with one attached hydrogen (secondary N) is 1. The summed E-state index contributed by atoms with van der Waals surface area (Å²) in [4.78, 5) is 12.1. The molecule has 0 bridgehead atoms. The molecule has 23 heavy (non-hydrogen) atoms. The van der Waals surface area contributed by atoms with E-state index < -0.39 is 17.3 Å². The number of aliphatic hydroxyl groups is 1. The Morgan fingerprint density at radius 1 is 1.52 bits per heavy atom. The van der Waals surface area contributed by atoms with Crippen LogP contribution < -0.4 is 10.1 Å². The van der Waals surface area contributed by atoms with E-state index in [0.717, 1.165) is 12.5 Å². The number of terminal acetylenes is 1. The highest BCUT2D eigenvalue weighted by Crippen LogP contribution is 2.29. The van der Waals surface area contributed by atoms with Gasteiger partial charge in [0.15, 0.2) is 11.6 Å². The van der Waals surface area contributed by atoms with Crippen LogP contribution in [-0.2, 0) is 0 Å². The highest BCUT2D eigenvalue weighted by atomic mass is 35.5. The fourth-order valence-corrected chi connectivity index (χ4v) is 2.41. The van der Waals surface area contributed by atoms with Gasteiger partial charge < -0.3 is 15.2 Å². The van der Waals surface area contributed by atoms with Crippen LogP contribution in [0.1, 0.15) is 43.5 Å². The predicted octanol–water partition coefficient (Wildman–Crippen LogP) is 3.16. The molecule has 0 aromatic heterocycles. The smallest absolute Gasteiger partial charge is 0.251 e. The molecule has 1 amide bonds. The summed E-state index contributed by atoms with van der Waals surface area (Å²) in [6.07, 6.45) is 6.91. The number of hydrogen-bond acceptors (Lipinski definition) is 3. The third-order valence-electron chi connectivity index (χ3n) is 3.51. The molecule has 0 spiro atoms. The quantitative estimate of drug-likeness (QED) is 0.714. The van der Waals surface area contributed by atoms with Crippen molar-refractivity contribution in [3.63, 3.8) is 0 Å². The van der Waals surface area contributed by atoms with Crippen LogP contribution in [0.5, 0.6) is 5.75 Å². The van der Waals surface area contributed by atoms with Crippen LogP contribution >= 0.6 is 11.6 Å². The van der Waals surface area contributed by atoms with E-state index in [0.29, 0.717) is 12.8 Å². The molecule has 0 aliphatic heterocycles. The molecular formula is C17H21ClFNO3. The minimum absolute atomic E-state index is 0.0373. The maximum atomic E-state index is 13.9. The van der Waals surface area contributed by atoms with Gasteiger partial charge in [0, 0.05) is 12.1 Å². The number of hydrogen-bond donors (Lipinski definition) is 2. The lowest BCUT2D eigenvalue weighted by Crippen LogP contribution is -2.42. The summed E-state index contributed by atoms with van der Waals surface area (Å²) in [5, 5.41) is 12.9. The minimum atomic E-state index is -0.970. The Kier molecular flexibility index (Phi) is 7.34. The van der Waals surface area contributed by atoms with Crippen molar-refractivity contribution >= 4 is 17.5 Å². The minimum Gasteiger partial charge on any atom is -0.476 e. The molecule has 1 aromatic carbocycles. The Hall–Kier alpha value is -1.77. The zero-order valence-electron chi connectivity index (χ0n) is 13.3. The number of carbonyl (C=O) groups excluding carboxylic acids is 1. The van der Waals surface area contributed by atoms with Gasteiger partial charge in [-0.3, -0.25) is 4.79 Å². The standard InChI is InChI=1S/C17H21ClFNO3/c1-4-7-17(22,6-3)11-20-16(21)12-9-13(18)15(14(19)10-12)23-8-5-2/h2,9-10,22H,4,6-8,11H2,1,3H3,(H,20,21). The van der Waals surface area contributed by atoms with E-state index in [4.69, 9.17) is 22.8 Å². The summed E-state index contributed by atoms with van der Waals surface area (Å²) in [5.41, 5.74) is -0.918. The van der Waals surface area contributed by atoms with E-state index >= 15 is 0 Å². The maximum Gasteiger partial charge on any atom is 0.251 e. The summed E-state index contributed by atoms with van der Waals surface area (Å²) >= 11 is 5.92. The van der Waals surface area contributed by atoms with Gasteiger partial charge in [-0.25, -0.2) is 4.39 Å². The van der Waals surface area contributed by atoms with Gasteiger partial charge in [-0.2, -0.15) is 0 Å². The largest absolute Gasteiger partial charge is 0.476 e. The molecule has 0 heterocycles. The van der Waals surface area contributed by atoms with Crippen molar-refractivity contribution in [3.05, 3.63) is 28.5 Å². The van der Waals surface area contributed by atoms with Crippen LogP contribution in [-0.4, -0.2) is 29.8 Å². The van der Waals surface area contributed by atoms with E-state index in [1.54, 1.807) is 0 Å². The average molecular weight is 342 g/mol. The van der Waals surface area contributed by atoms with Gasteiger partial charge in [-0.05, 0) is 25.0 Å². The van der Waals surface area contributed by atoms with E-state index in [1.165, 1.54) is 6.07 Å². The lowest BCUT2D eigenvalue weighted by atomic mass is 9.95. The molecule has 4 nitrogen and oxygen atoms in total. The molecular weight excluding hydrogens is 321 g/mol. The lowest BCUT2D eigenvalue weighted by molar-refractivity contribution is 0.0263. The second-order valence-corrected chi connectivity index (χ2v) is 5.68.